The van der Waals surface area contributed by atoms with Gasteiger partial charge in [0.2, 0.25) is 5.91 Å². The molecule has 3 heterocycles. The Hall–Kier alpha value is -5.69. The molecule has 4 rings (SSSR count). The molecule has 0 bridgehead atoms. The number of carboxylic acids is 6. The minimum Gasteiger partial charge on any atom is -0.475 e. The van der Waals surface area contributed by atoms with Gasteiger partial charge in [-0.25, -0.2) is 28.8 Å². The topological polar surface area (TPSA) is 586 Å². The maximum Gasteiger partial charge on any atom is 0.490 e. The number of ether oxygens (including phenoxy) is 6. The Kier molecular flexibility index (Phi) is 37.9. The summed E-state index contributed by atoms with van der Waals surface area (Å²) in [6.45, 7) is 1.54. The number of rotatable bonds is 14. The Balaban J connectivity index is -0.00000147. The summed E-state index contributed by atoms with van der Waals surface area (Å²) in [6, 6.07) is -4.24. The molecule has 3 saturated heterocycles. The number of nitrogens with two attached hydrogens (primary N) is 6. The summed E-state index contributed by atoms with van der Waals surface area (Å²) in [5, 5.41) is 110. The molecular formula is C41H63F18N7O25. The molecule has 0 spiro atoms. The maximum atomic E-state index is 12.6. The predicted octanol–water partition coefficient (Wildman–Crippen LogP) is -3.39. The molecule has 0 radical (unpaired) electrons. The van der Waals surface area contributed by atoms with Crippen LogP contribution >= 0.6 is 0 Å². The number of hydrogen-bond acceptors (Lipinski definition) is 25. The van der Waals surface area contributed by atoms with Gasteiger partial charge in [-0.2, -0.15) is 79.0 Å². The van der Waals surface area contributed by atoms with Crippen LogP contribution in [0.4, 0.5) is 79.0 Å². The first-order valence-corrected chi connectivity index (χ1v) is 24.4. The van der Waals surface area contributed by atoms with Gasteiger partial charge in [-0.1, -0.05) is 19.8 Å². The first-order chi connectivity index (χ1) is 40.9. The van der Waals surface area contributed by atoms with E-state index in [1.165, 1.54) is 0 Å². The number of unbranched alkanes of at least 4 members (excludes halogenated alkanes) is 2. The lowest BCUT2D eigenvalue weighted by Gasteiger charge is -2.47. The fourth-order valence-electron chi connectivity index (χ4n) is 6.60. The van der Waals surface area contributed by atoms with Crippen LogP contribution in [0.25, 0.3) is 0 Å². The summed E-state index contributed by atoms with van der Waals surface area (Å²) < 4.78 is 226. The van der Waals surface area contributed by atoms with Crippen LogP contribution in [0.1, 0.15) is 39.0 Å². The van der Waals surface area contributed by atoms with Crippen molar-refractivity contribution in [2.75, 3.05) is 19.6 Å². The molecule has 50 heteroatoms. The van der Waals surface area contributed by atoms with Crippen LogP contribution in [0, 0.1) is 0 Å². The third-order valence-corrected chi connectivity index (χ3v) is 11.2. The van der Waals surface area contributed by atoms with Gasteiger partial charge in [0.1, 0.15) is 67.1 Å². The molecule has 0 aromatic carbocycles. The molecule has 0 unspecified atom stereocenters. The van der Waals surface area contributed by atoms with Crippen molar-refractivity contribution in [3.8, 4) is 0 Å². The first-order valence-electron chi connectivity index (χ1n) is 24.4. The number of halogens is 18. The van der Waals surface area contributed by atoms with Crippen LogP contribution in [0.2, 0.25) is 0 Å². The van der Waals surface area contributed by atoms with E-state index in [-0.39, 0.29) is 38.4 Å². The molecule has 19 atom stereocenters. The molecule has 0 aromatic heterocycles. The van der Waals surface area contributed by atoms with Crippen LogP contribution < -0.4 is 39.7 Å². The van der Waals surface area contributed by atoms with E-state index in [4.69, 9.17) is 122 Å². The second kappa shape index (κ2) is 38.5. The third kappa shape index (κ3) is 32.6. The number of aliphatic hydroxyl groups excluding tert-OH is 6. The predicted molar refractivity (Wildman–Crippen MR) is 251 cm³/mol. The average Bonchev–Trinajstić information content (AvgIpc) is 1.79. The van der Waals surface area contributed by atoms with Gasteiger partial charge in [-0.3, -0.25) is 4.79 Å². The largest absolute Gasteiger partial charge is 0.490 e. The number of carbonyl (C=O) groups excluding carboxylic acids is 1. The van der Waals surface area contributed by atoms with Gasteiger partial charge in [0.25, 0.3) is 0 Å². The summed E-state index contributed by atoms with van der Waals surface area (Å²) >= 11 is 0. The summed E-state index contributed by atoms with van der Waals surface area (Å²) in [5.74, 6) is -16.8. The zero-order valence-corrected chi connectivity index (χ0v) is 45.6. The second-order valence-corrected chi connectivity index (χ2v) is 18.1. The van der Waals surface area contributed by atoms with Gasteiger partial charge in [0, 0.05) is 38.1 Å². The number of aliphatic carboxylic acids is 6. The molecule has 538 valence electrons. The number of aliphatic hydroxyl groups is 6. The summed E-state index contributed by atoms with van der Waals surface area (Å²) in [7, 11) is 0. The van der Waals surface area contributed by atoms with Crippen molar-refractivity contribution in [1.82, 2.24) is 5.32 Å². The normalized spacial score (nSPS) is 30.9. The first kappa shape index (κ1) is 89.5. The van der Waals surface area contributed by atoms with Crippen molar-refractivity contribution in [3.63, 3.8) is 0 Å². The van der Waals surface area contributed by atoms with Crippen molar-refractivity contribution in [2.24, 2.45) is 34.4 Å². The highest BCUT2D eigenvalue weighted by Crippen LogP contribution is 2.35. The van der Waals surface area contributed by atoms with E-state index < -0.39 is 189 Å². The van der Waals surface area contributed by atoms with Crippen molar-refractivity contribution in [2.45, 2.75) is 192 Å². The Labute approximate surface area is 495 Å². The van der Waals surface area contributed by atoms with E-state index in [2.05, 4.69) is 5.32 Å². The van der Waals surface area contributed by atoms with E-state index in [1.807, 2.05) is 6.92 Å². The van der Waals surface area contributed by atoms with Gasteiger partial charge in [0.05, 0.1) is 18.2 Å². The van der Waals surface area contributed by atoms with Crippen LogP contribution in [0.15, 0.2) is 0 Å². The molecule has 32 nitrogen and oxygen atoms in total. The molecular weight excluding hydrogens is 1330 g/mol. The van der Waals surface area contributed by atoms with E-state index in [1.54, 1.807) is 0 Å². The SMILES string of the molecule is CCCCCC(=O)NC[C@H]1O[C@@H](O[C@@H]2[C@@H](O)[C@H](N)C[C@H](N)[C@H]2O[C@H]2O[C@H](CN)[C@@H](O)[C@H](O)[C@H]2N)[C@H](O)[C@@H]1O[C@H]1O[C@@H](CN)[C@@H](O)[C@H](O)[C@H]1N.O=C(O)C(F)(F)F.O=C(O)C(F)(F)F.O=C(O)C(F)(F)F.O=C(O)C(F)(F)F.O=C(O)C(F)(F)F.O=C(O)C(F)(F)F. The Morgan fingerprint density at radius 1 is 0.418 bits per heavy atom. The Bertz CT molecular complexity index is 2060. The lowest BCUT2D eigenvalue weighted by atomic mass is 9.84. The van der Waals surface area contributed by atoms with E-state index in [0.29, 0.717) is 6.42 Å². The lowest BCUT2D eigenvalue weighted by molar-refractivity contribution is -0.306. The smallest absolute Gasteiger partial charge is 0.475 e. The van der Waals surface area contributed by atoms with Gasteiger partial charge < -0.3 is 129 Å². The fraction of sp³-hybridized carbons (Fsp3) is 0.829. The summed E-state index contributed by atoms with van der Waals surface area (Å²) in [6.07, 6.45) is -47.6. The molecule has 1 aliphatic carbocycles. The van der Waals surface area contributed by atoms with Gasteiger partial charge >= 0.3 is 72.9 Å². The molecule has 4 fully saturated rings. The second-order valence-electron chi connectivity index (χ2n) is 18.1. The maximum absolute atomic E-state index is 12.6. The van der Waals surface area contributed by atoms with Crippen molar-refractivity contribution in [1.29, 1.82) is 0 Å². The highest BCUT2D eigenvalue weighted by atomic mass is 19.4. The molecule has 0 aromatic rings. The van der Waals surface area contributed by atoms with Crippen LogP contribution in [-0.4, -0.2) is 276 Å². The minimum absolute atomic E-state index is 0.0824. The molecule has 1 amide bonds. The van der Waals surface area contributed by atoms with Crippen molar-refractivity contribution < 1.29 is 202 Å². The third-order valence-electron chi connectivity index (χ3n) is 11.2. The number of carboxylic acid groups (broad SMARTS) is 6. The van der Waals surface area contributed by atoms with E-state index in [9.17, 15) is 114 Å². The minimum atomic E-state index is -5.08. The van der Waals surface area contributed by atoms with E-state index >= 15 is 0 Å². The standard InChI is InChI=1S/C29H57N7O13.6C2HF3O2/c1-2-3-4-5-15(37)36-9-14-25(48-28-17(35)22(42)20(40)13(8-31)45-28)23(43)29(46-14)49-26-18(38)10(32)6-11(33)24(26)47-27-16(34)21(41)19(39)12(7-30)44-27;6*3-2(4,5)1(6)7/h10-14,16-29,38-43H,2-9,30-35H2,1H3,(H,36,37);6*(H,6,7)/t10-,11+,12-,13+,14-,16-,17-,18+,19-,20-,21-,22-,23-,24-,25-,26-,27-,28-,29+;;;;;;/m1....../s1. The summed E-state index contributed by atoms with van der Waals surface area (Å²) in [5.41, 5.74) is 36.2. The highest BCUT2D eigenvalue weighted by Gasteiger charge is 2.55. The zero-order valence-electron chi connectivity index (χ0n) is 45.6. The molecule has 4 aliphatic rings. The quantitative estimate of drug-likeness (QED) is 0.0596. The van der Waals surface area contributed by atoms with Crippen LogP contribution in [0.5, 0.6) is 0 Å². The highest BCUT2D eigenvalue weighted by molar-refractivity contribution is 5.76. The molecule has 25 N–H and O–H groups in total. The van der Waals surface area contributed by atoms with Gasteiger partial charge in [-0.15, -0.1) is 0 Å². The van der Waals surface area contributed by atoms with Crippen molar-refractivity contribution >= 4 is 41.7 Å². The molecule has 3 aliphatic heterocycles. The number of amides is 1. The van der Waals surface area contributed by atoms with Crippen molar-refractivity contribution in [3.05, 3.63) is 0 Å². The zero-order chi connectivity index (χ0) is 72.6. The number of hydrogen-bond donors (Lipinski definition) is 19. The number of alkyl halides is 18. The van der Waals surface area contributed by atoms with Crippen LogP contribution in [-0.2, 0) is 62.0 Å². The number of carbonyl (C=O) groups is 7. The van der Waals surface area contributed by atoms with Gasteiger partial charge in [-0.05, 0) is 12.8 Å². The monoisotopic (exact) mass is 1400 g/mol. The Morgan fingerprint density at radius 2 is 0.703 bits per heavy atom. The molecule has 1 saturated carbocycles. The molecule has 91 heavy (non-hydrogen) atoms. The summed E-state index contributed by atoms with van der Waals surface area (Å²) in [4.78, 5) is 65.9. The van der Waals surface area contributed by atoms with Crippen LogP contribution in [0.3, 0.4) is 0 Å². The lowest BCUT2D eigenvalue weighted by Crippen LogP contribution is -2.68. The fourth-order valence-corrected chi connectivity index (χ4v) is 6.60. The number of nitrogens with one attached hydrogen (secondary N) is 1. The Morgan fingerprint density at radius 3 is 0.989 bits per heavy atom. The van der Waals surface area contributed by atoms with Gasteiger partial charge in [0.15, 0.2) is 18.9 Å². The van der Waals surface area contributed by atoms with E-state index in [0.717, 1.165) is 12.8 Å². The average molecular weight is 1400 g/mol.